The van der Waals surface area contributed by atoms with Crippen molar-refractivity contribution in [2.24, 2.45) is 5.92 Å². The number of halogens is 1. The summed E-state index contributed by atoms with van der Waals surface area (Å²) in [5.74, 6) is 0.0962. The monoisotopic (exact) mass is 427 g/mol. The van der Waals surface area contributed by atoms with Crippen LogP contribution in [0, 0.1) is 5.92 Å². The number of rotatable bonds is 4. The number of hydrogen-bond donors (Lipinski definition) is 1. The standard InChI is InChI=1S/C23H26ClN3O3/c1-16-8-10-23(11-9-16)27(22(29)18-6-2-3-7-19(18)24)20(15-30-23)21(28)26-14-17-5-4-12-25-13-17/h2-7,12-13,16,20H,8-11,14-15H2,1H3,(H,26,28). The first kappa shape index (κ1) is 20.8. The summed E-state index contributed by atoms with van der Waals surface area (Å²) in [4.78, 5) is 32.4. The highest BCUT2D eigenvalue weighted by Gasteiger charge is 2.53. The van der Waals surface area contributed by atoms with Crippen LogP contribution < -0.4 is 5.32 Å². The highest BCUT2D eigenvalue weighted by Crippen LogP contribution is 2.43. The predicted molar refractivity (Wildman–Crippen MR) is 114 cm³/mol. The van der Waals surface area contributed by atoms with Gasteiger partial charge in [0.15, 0.2) is 0 Å². The van der Waals surface area contributed by atoms with Gasteiger partial charge in [-0.1, -0.05) is 36.7 Å². The van der Waals surface area contributed by atoms with Crippen LogP contribution in [0.3, 0.4) is 0 Å². The molecule has 1 aromatic carbocycles. The van der Waals surface area contributed by atoms with Crippen molar-refractivity contribution in [1.82, 2.24) is 15.2 Å². The van der Waals surface area contributed by atoms with Crippen molar-refractivity contribution in [2.75, 3.05) is 6.61 Å². The highest BCUT2D eigenvalue weighted by molar-refractivity contribution is 6.33. The molecule has 30 heavy (non-hydrogen) atoms. The molecule has 1 aliphatic carbocycles. The summed E-state index contributed by atoms with van der Waals surface area (Å²) in [6.45, 7) is 2.74. The number of carbonyl (C=O) groups excluding carboxylic acids is 2. The summed E-state index contributed by atoms with van der Waals surface area (Å²) in [7, 11) is 0. The van der Waals surface area contributed by atoms with Gasteiger partial charge in [0.1, 0.15) is 11.8 Å². The number of aromatic nitrogens is 1. The van der Waals surface area contributed by atoms with E-state index in [1.165, 1.54) is 0 Å². The largest absolute Gasteiger partial charge is 0.353 e. The normalized spacial score (nSPS) is 26.0. The molecule has 0 bridgehead atoms. The SMILES string of the molecule is CC1CCC2(CC1)OCC(C(=O)NCc1cccnc1)N2C(=O)c1ccccc1Cl. The van der Waals surface area contributed by atoms with E-state index in [0.29, 0.717) is 23.0 Å². The van der Waals surface area contributed by atoms with Crippen LogP contribution in [-0.2, 0) is 16.1 Å². The zero-order chi connectivity index (χ0) is 21.1. The smallest absolute Gasteiger partial charge is 0.258 e. The molecule has 1 unspecified atom stereocenters. The Morgan fingerprint density at radius 2 is 2.00 bits per heavy atom. The Hall–Kier alpha value is -2.44. The van der Waals surface area contributed by atoms with E-state index in [-0.39, 0.29) is 18.4 Å². The van der Waals surface area contributed by atoms with Crippen LogP contribution in [-0.4, -0.2) is 40.1 Å². The van der Waals surface area contributed by atoms with Crippen molar-refractivity contribution >= 4 is 23.4 Å². The molecule has 1 atom stereocenters. The van der Waals surface area contributed by atoms with Crippen molar-refractivity contribution in [3.63, 3.8) is 0 Å². The van der Waals surface area contributed by atoms with E-state index in [2.05, 4.69) is 17.2 Å². The van der Waals surface area contributed by atoms with Gasteiger partial charge in [-0.3, -0.25) is 19.5 Å². The fraction of sp³-hybridized carbons (Fsp3) is 0.435. The lowest BCUT2D eigenvalue weighted by Crippen LogP contribution is -2.56. The molecule has 1 saturated heterocycles. The summed E-state index contributed by atoms with van der Waals surface area (Å²) in [6.07, 6.45) is 6.75. The Kier molecular flexibility index (Phi) is 6.06. The van der Waals surface area contributed by atoms with E-state index < -0.39 is 11.8 Å². The molecule has 1 aromatic heterocycles. The third-order valence-electron chi connectivity index (χ3n) is 6.13. The summed E-state index contributed by atoms with van der Waals surface area (Å²) in [5, 5.41) is 3.31. The van der Waals surface area contributed by atoms with Crippen LogP contribution in [0.1, 0.15) is 48.5 Å². The molecule has 1 spiro atoms. The van der Waals surface area contributed by atoms with Gasteiger partial charge in [-0.05, 0) is 55.4 Å². The maximum absolute atomic E-state index is 13.6. The maximum atomic E-state index is 13.6. The first-order valence-electron chi connectivity index (χ1n) is 10.4. The van der Waals surface area contributed by atoms with E-state index in [1.54, 1.807) is 41.6 Å². The maximum Gasteiger partial charge on any atom is 0.258 e. The van der Waals surface area contributed by atoms with E-state index in [4.69, 9.17) is 16.3 Å². The van der Waals surface area contributed by atoms with Crippen LogP contribution in [0.2, 0.25) is 5.02 Å². The Balaban J connectivity index is 1.59. The van der Waals surface area contributed by atoms with Crippen molar-refractivity contribution in [2.45, 2.75) is 50.9 Å². The van der Waals surface area contributed by atoms with Gasteiger partial charge in [-0.2, -0.15) is 0 Å². The number of hydrogen-bond acceptors (Lipinski definition) is 4. The molecule has 7 heteroatoms. The third-order valence-corrected chi connectivity index (χ3v) is 6.46. The second kappa shape index (κ2) is 8.74. The van der Waals surface area contributed by atoms with Crippen molar-refractivity contribution in [3.05, 3.63) is 64.9 Å². The van der Waals surface area contributed by atoms with E-state index in [9.17, 15) is 9.59 Å². The molecular weight excluding hydrogens is 402 g/mol. The lowest BCUT2D eigenvalue weighted by molar-refractivity contribution is -0.128. The molecule has 2 heterocycles. The zero-order valence-electron chi connectivity index (χ0n) is 17.0. The Morgan fingerprint density at radius 1 is 1.23 bits per heavy atom. The van der Waals surface area contributed by atoms with Gasteiger partial charge < -0.3 is 10.1 Å². The summed E-state index contributed by atoms with van der Waals surface area (Å²) in [6, 6.07) is 9.99. The molecule has 1 N–H and O–H groups in total. The molecular formula is C23H26ClN3O3. The van der Waals surface area contributed by atoms with Crippen LogP contribution in [0.15, 0.2) is 48.8 Å². The Morgan fingerprint density at radius 3 is 2.70 bits per heavy atom. The summed E-state index contributed by atoms with van der Waals surface area (Å²) < 4.78 is 6.20. The van der Waals surface area contributed by atoms with Crippen LogP contribution in [0.5, 0.6) is 0 Å². The van der Waals surface area contributed by atoms with Gasteiger partial charge in [0.2, 0.25) is 5.91 Å². The second-order valence-corrected chi connectivity index (χ2v) is 8.60. The molecule has 2 fully saturated rings. The molecule has 1 saturated carbocycles. The molecule has 1 aliphatic heterocycles. The van der Waals surface area contributed by atoms with Crippen LogP contribution >= 0.6 is 11.6 Å². The molecule has 6 nitrogen and oxygen atoms in total. The molecule has 158 valence electrons. The topological polar surface area (TPSA) is 71.5 Å². The van der Waals surface area contributed by atoms with Crippen molar-refractivity contribution in [1.29, 1.82) is 0 Å². The van der Waals surface area contributed by atoms with Gasteiger partial charge in [0.05, 0.1) is 17.2 Å². The first-order chi connectivity index (χ1) is 14.5. The minimum atomic E-state index is -0.751. The van der Waals surface area contributed by atoms with Crippen molar-refractivity contribution in [3.8, 4) is 0 Å². The number of amides is 2. The minimum absolute atomic E-state index is 0.184. The number of carbonyl (C=O) groups is 2. The Bertz CT molecular complexity index is 913. The van der Waals surface area contributed by atoms with E-state index >= 15 is 0 Å². The quantitative estimate of drug-likeness (QED) is 0.805. The summed E-state index contributed by atoms with van der Waals surface area (Å²) >= 11 is 6.32. The number of benzene rings is 1. The van der Waals surface area contributed by atoms with E-state index in [1.807, 2.05) is 12.1 Å². The number of pyridine rings is 1. The van der Waals surface area contributed by atoms with Gasteiger partial charge in [-0.15, -0.1) is 0 Å². The lowest BCUT2D eigenvalue weighted by atomic mass is 9.83. The van der Waals surface area contributed by atoms with Gasteiger partial charge in [0.25, 0.3) is 5.91 Å². The van der Waals surface area contributed by atoms with Crippen LogP contribution in [0.25, 0.3) is 0 Å². The summed E-state index contributed by atoms with van der Waals surface area (Å²) in [5.41, 5.74) is 0.543. The third kappa shape index (κ3) is 4.07. The zero-order valence-corrected chi connectivity index (χ0v) is 17.8. The predicted octanol–water partition coefficient (Wildman–Crippen LogP) is 3.80. The first-order valence-corrected chi connectivity index (χ1v) is 10.8. The van der Waals surface area contributed by atoms with Crippen LogP contribution in [0.4, 0.5) is 0 Å². The Labute approximate surface area is 181 Å². The second-order valence-electron chi connectivity index (χ2n) is 8.19. The fourth-order valence-corrected chi connectivity index (χ4v) is 4.57. The average molecular weight is 428 g/mol. The number of ether oxygens (including phenoxy) is 1. The number of nitrogens with one attached hydrogen (secondary N) is 1. The highest BCUT2D eigenvalue weighted by atomic mass is 35.5. The van der Waals surface area contributed by atoms with Gasteiger partial charge in [0, 0.05) is 18.9 Å². The van der Waals surface area contributed by atoms with Gasteiger partial charge >= 0.3 is 0 Å². The van der Waals surface area contributed by atoms with Gasteiger partial charge in [-0.25, -0.2) is 0 Å². The fourth-order valence-electron chi connectivity index (χ4n) is 4.35. The lowest BCUT2D eigenvalue weighted by Gasteiger charge is -2.43. The molecule has 0 radical (unpaired) electrons. The minimum Gasteiger partial charge on any atom is -0.353 e. The molecule has 2 amide bonds. The molecule has 4 rings (SSSR count). The van der Waals surface area contributed by atoms with E-state index in [0.717, 1.165) is 31.2 Å². The molecule has 2 aliphatic rings. The van der Waals surface area contributed by atoms with Crippen molar-refractivity contribution < 1.29 is 14.3 Å². The average Bonchev–Trinajstić information content (AvgIpc) is 3.14. The number of nitrogens with zero attached hydrogens (tertiary/aromatic N) is 2. The molecule has 2 aromatic rings.